The lowest BCUT2D eigenvalue weighted by atomic mass is 10.2. The maximum atomic E-state index is 4.23. The molecule has 76 valence electrons. The molecule has 0 aliphatic carbocycles. The number of aryl methyl sites for hydroxylation is 1. The number of aromatic nitrogens is 1. The molecule has 0 spiro atoms. The molecule has 0 radical (unpaired) electrons. The number of halogens is 1. The van der Waals surface area contributed by atoms with Crippen molar-refractivity contribution in [2.45, 2.75) is 20.8 Å². The minimum atomic E-state index is 0.984. The summed E-state index contributed by atoms with van der Waals surface area (Å²) in [6.45, 7) is 9.63. The molecule has 1 aromatic rings. The number of hydrogen-bond acceptors (Lipinski definition) is 1. The van der Waals surface area contributed by atoms with E-state index in [4.69, 9.17) is 0 Å². The molecule has 0 bridgehead atoms. The average molecular weight is 254 g/mol. The zero-order chi connectivity index (χ0) is 11.0. The van der Waals surface area contributed by atoms with Crippen molar-refractivity contribution in [1.29, 1.82) is 0 Å². The second-order valence-electron chi connectivity index (χ2n) is 2.45. The fourth-order valence-corrected chi connectivity index (χ4v) is 1.33. The largest absolute Gasteiger partial charge is 0.255 e. The maximum Gasteiger partial charge on any atom is 0.0659 e. The summed E-state index contributed by atoms with van der Waals surface area (Å²) in [7, 11) is 0. The van der Waals surface area contributed by atoms with Gasteiger partial charge in [-0.05, 0) is 40.6 Å². The van der Waals surface area contributed by atoms with Gasteiger partial charge in [-0.2, -0.15) is 0 Å². The molecule has 0 aliphatic rings. The molecule has 1 rings (SSSR count). The lowest BCUT2D eigenvalue weighted by Gasteiger charge is -1.98. The highest BCUT2D eigenvalue weighted by Crippen LogP contribution is 2.13. The summed E-state index contributed by atoms with van der Waals surface area (Å²) in [6, 6.07) is 2.04. The molecule has 0 saturated heterocycles. The third-order valence-corrected chi connectivity index (χ3v) is 1.91. The molecular weight excluding hydrogens is 238 g/mol. The smallest absolute Gasteiger partial charge is 0.0659 e. The van der Waals surface area contributed by atoms with Crippen LogP contribution in [0.5, 0.6) is 0 Å². The lowest BCUT2D eigenvalue weighted by Crippen LogP contribution is -1.85. The third kappa shape index (κ3) is 4.38. The van der Waals surface area contributed by atoms with Crippen molar-refractivity contribution in [1.82, 2.24) is 4.98 Å². The Morgan fingerprint density at radius 2 is 2.07 bits per heavy atom. The van der Waals surface area contributed by atoms with Crippen LogP contribution in [0.4, 0.5) is 0 Å². The molecular formula is C12H16BrN. The number of nitrogens with zero attached hydrogens (tertiary/aromatic N) is 1. The second kappa shape index (κ2) is 7.51. The number of allylic oxidation sites excluding steroid dienone is 2. The van der Waals surface area contributed by atoms with Gasteiger partial charge < -0.3 is 0 Å². The van der Waals surface area contributed by atoms with E-state index in [0.717, 1.165) is 15.7 Å². The van der Waals surface area contributed by atoms with Crippen LogP contribution in [0.1, 0.15) is 25.1 Å². The summed E-state index contributed by atoms with van der Waals surface area (Å²) in [6.07, 6.45) is 7.34. The van der Waals surface area contributed by atoms with E-state index >= 15 is 0 Å². The summed E-state index contributed by atoms with van der Waals surface area (Å²) >= 11 is 3.36. The Labute approximate surface area is 94.7 Å². The van der Waals surface area contributed by atoms with Gasteiger partial charge in [0.15, 0.2) is 0 Å². The van der Waals surface area contributed by atoms with Crippen LogP contribution in [0.3, 0.4) is 0 Å². The molecule has 14 heavy (non-hydrogen) atoms. The highest BCUT2D eigenvalue weighted by Gasteiger charge is 1.94. The highest BCUT2D eigenvalue weighted by atomic mass is 79.9. The molecule has 0 fully saturated rings. The molecule has 2 heteroatoms. The lowest BCUT2D eigenvalue weighted by molar-refractivity contribution is 1.22. The monoisotopic (exact) mass is 253 g/mol. The van der Waals surface area contributed by atoms with Gasteiger partial charge in [0.05, 0.1) is 5.69 Å². The Bertz CT molecular complexity index is 316. The normalized spacial score (nSPS) is 9.43. The van der Waals surface area contributed by atoms with Crippen LogP contribution < -0.4 is 0 Å². The van der Waals surface area contributed by atoms with Gasteiger partial charge in [-0.3, -0.25) is 4.98 Å². The molecule has 0 N–H and O–H groups in total. The van der Waals surface area contributed by atoms with Crippen LogP contribution in [0.2, 0.25) is 0 Å². The van der Waals surface area contributed by atoms with Gasteiger partial charge in [0, 0.05) is 10.7 Å². The third-order valence-electron chi connectivity index (χ3n) is 1.48. The summed E-state index contributed by atoms with van der Waals surface area (Å²) in [5.41, 5.74) is 2.14. The zero-order valence-electron chi connectivity index (χ0n) is 8.92. The average Bonchev–Trinajstić information content (AvgIpc) is 2.20. The van der Waals surface area contributed by atoms with Gasteiger partial charge in [0.1, 0.15) is 0 Å². The Kier molecular flexibility index (Phi) is 7.03. The van der Waals surface area contributed by atoms with Crippen molar-refractivity contribution in [3.8, 4) is 0 Å². The van der Waals surface area contributed by atoms with E-state index in [0.29, 0.717) is 0 Å². The van der Waals surface area contributed by atoms with E-state index in [1.54, 1.807) is 12.3 Å². The molecule has 1 heterocycles. The molecule has 1 aromatic heterocycles. The second-order valence-corrected chi connectivity index (χ2v) is 3.37. The first-order valence-corrected chi connectivity index (χ1v) is 5.44. The Balaban J connectivity index is 0.000000791. The van der Waals surface area contributed by atoms with Crippen LogP contribution in [0.15, 0.2) is 35.5 Å². The number of hydrogen-bond donors (Lipinski definition) is 0. The standard InChI is InChI=1S/C10H10BrN.C2H6/c1-3-4-5-10-8(2)6-9(11)7-12-10;1-2/h3-7H,1H2,2H3;1-2H3/b5-4-;. The Morgan fingerprint density at radius 1 is 1.43 bits per heavy atom. The first-order chi connectivity index (χ1) is 6.74. The molecule has 1 nitrogen and oxygen atoms in total. The van der Waals surface area contributed by atoms with Crippen LogP contribution in [0.25, 0.3) is 6.08 Å². The van der Waals surface area contributed by atoms with Crippen molar-refractivity contribution in [3.05, 3.63) is 46.7 Å². The van der Waals surface area contributed by atoms with Crippen LogP contribution in [-0.4, -0.2) is 4.98 Å². The van der Waals surface area contributed by atoms with E-state index in [9.17, 15) is 0 Å². The van der Waals surface area contributed by atoms with Crippen molar-refractivity contribution >= 4 is 22.0 Å². The first kappa shape index (κ1) is 13.1. The Morgan fingerprint density at radius 3 is 2.57 bits per heavy atom. The summed E-state index contributed by atoms with van der Waals surface area (Å²) in [5.74, 6) is 0. The molecule has 0 saturated carbocycles. The van der Waals surface area contributed by atoms with E-state index in [1.807, 2.05) is 39.0 Å². The van der Waals surface area contributed by atoms with Crippen molar-refractivity contribution in [2.75, 3.05) is 0 Å². The summed E-state index contributed by atoms with van der Waals surface area (Å²) in [4.78, 5) is 4.23. The molecule has 0 atom stereocenters. The van der Waals surface area contributed by atoms with Crippen LogP contribution in [0, 0.1) is 6.92 Å². The van der Waals surface area contributed by atoms with Gasteiger partial charge in [0.2, 0.25) is 0 Å². The first-order valence-electron chi connectivity index (χ1n) is 4.65. The van der Waals surface area contributed by atoms with Crippen LogP contribution in [-0.2, 0) is 0 Å². The zero-order valence-corrected chi connectivity index (χ0v) is 10.5. The fraction of sp³-hybridized carbons (Fsp3) is 0.250. The van der Waals surface area contributed by atoms with Gasteiger partial charge >= 0.3 is 0 Å². The van der Waals surface area contributed by atoms with Crippen molar-refractivity contribution in [3.63, 3.8) is 0 Å². The minimum Gasteiger partial charge on any atom is -0.255 e. The van der Waals surface area contributed by atoms with Gasteiger partial charge in [-0.15, -0.1) is 0 Å². The topological polar surface area (TPSA) is 12.9 Å². The number of pyridine rings is 1. The highest BCUT2D eigenvalue weighted by molar-refractivity contribution is 9.10. The molecule has 0 aliphatic heterocycles. The maximum absolute atomic E-state index is 4.23. The van der Waals surface area contributed by atoms with Gasteiger partial charge in [-0.25, -0.2) is 0 Å². The van der Waals surface area contributed by atoms with Crippen LogP contribution >= 0.6 is 15.9 Å². The SMILES string of the molecule is C=C/C=C\c1ncc(Br)cc1C.CC. The quantitative estimate of drug-likeness (QED) is 0.714. The Hall–Kier alpha value is -0.890. The number of rotatable bonds is 2. The van der Waals surface area contributed by atoms with Gasteiger partial charge in [-0.1, -0.05) is 32.6 Å². The minimum absolute atomic E-state index is 0.984. The predicted octanol–water partition coefficient (Wildman–Crippen LogP) is 4.38. The van der Waals surface area contributed by atoms with E-state index in [1.165, 1.54) is 0 Å². The summed E-state index contributed by atoms with van der Waals surface area (Å²) < 4.78 is 1.01. The van der Waals surface area contributed by atoms with E-state index in [-0.39, 0.29) is 0 Å². The van der Waals surface area contributed by atoms with E-state index in [2.05, 4.69) is 27.5 Å². The summed E-state index contributed by atoms with van der Waals surface area (Å²) in [5, 5.41) is 0. The molecule has 0 aromatic carbocycles. The van der Waals surface area contributed by atoms with E-state index < -0.39 is 0 Å². The predicted molar refractivity (Wildman–Crippen MR) is 67.3 cm³/mol. The molecule has 0 amide bonds. The van der Waals surface area contributed by atoms with Crippen molar-refractivity contribution < 1.29 is 0 Å². The van der Waals surface area contributed by atoms with Gasteiger partial charge in [0.25, 0.3) is 0 Å². The fourth-order valence-electron chi connectivity index (χ4n) is 0.885. The molecule has 0 unspecified atom stereocenters. The van der Waals surface area contributed by atoms with Crippen molar-refractivity contribution in [2.24, 2.45) is 0 Å².